The van der Waals surface area contributed by atoms with Crippen LogP contribution in [0.5, 0.6) is 0 Å². The van der Waals surface area contributed by atoms with Crippen molar-refractivity contribution in [1.29, 1.82) is 0 Å². The van der Waals surface area contributed by atoms with Crippen LogP contribution < -0.4 is 0 Å². The van der Waals surface area contributed by atoms with Crippen molar-refractivity contribution in [2.45, 2.75) is 25.7 Å². The molecule has 4 heterocycles. The Balaban J connectivity index is 1.48. The molecule has 0 unspecified atom stereocenters. The van der Waals surface area contributed by atoms with Gasteiger partial charge < -0.3 is 13.7 Å². The van der Waals surface area contributed by atoms with E-state index in [0.717, 1.165) is 19.6 Å². The van der Waals surface area contributed by atoms with E-state index in [-0.39, 0.29) is 35.1 Å². The second kappa shape index (κ2) is 8.39. The summed E-state index contributed by atoms with van der Waals surface area (Å²) in [5.41, 5.74) is 1.05. The molecule has 0 aromatic carbocycles. The first-order chi connectivity index (χ1) is 15.2. The van der Waals surface area contributed by atoms with Crippen LogP contribution in [0.15, 0.2) is 50.6 Å². The number of hydrogen-bond donors (Lipinski definition) is 0. The lowest BCUT2D eigenvalue weighted by atomic mass is 9.95. The minimum absolute atomic E-state index is 0.0229. The molecular weight excluding hydrogens is 396 g/mol. The van der Waals surface area contributed by atoms with Gasteiger partial charge in [-0.3, -0.25) is 14.6 Å². The number of aliphatic imine (C=N–C) groups is 1. The van der Waals surface area contributed by atoms with Crippen molar-refractivity contribution in [3.63, 3.8) is 0 Å². The lowest BCUT2D eigenvalue weighted by Crippen LogP contribution is -2.33. The molecule has 0 N–H and O–H groups in total. The Kier molecular flexibility index (Phi) is 5.30. The molecule has 5 rings (SSSR count). The number of aromatic nitrogens is 2. The maximum absolute atomic E-state index is 13.1. The summed E-state index contributed by atoms with van der Waals surface area (Å²) in [6.45, 7) is 3.41. The standard InChI is InChI=1S/C23H22N4O4/c28-16-14-15(24-8-11-27-9-2-1-3-10-27)23(29)22-19(16)25-20(17-6-4-12-30-17)21(26-22)18-7-5-13-31-18/h4-7,12-13H,1-3,8-11,14H2. The second-order valence-corrected chi connectivity index (χ2v) is 7.73. The van der Waals surface area contributed by atoms with Gasteiger partial charge in [0.2, 0.25) is 5.78 Å². The molecule has 8 nitrogen and oxygen atoms in total. The highest BCUT2D eigenvalue weighted by Gasteiger charge is 2.34. The highest BCUT2D eigenvalue weighted by Crippen LogP contribution is 2.32. The number of nitrogens with zero attached hydrogens (tertiary/aromatic N) is 4. The van der Waals surface area contributed by atoms with Crippen molar-refractivity contribution in [3.8, 4) is 22.9 Å². The Labute approximate surface area is 179 Å². The van der Waals surface area contributed by atoms with Crippen LogP contribution in [-0.2, 0) is 0 Å². The molecule has 0 bridgehead atoms. The van der Waals surface area contributed by atoms with Crippen LogP contribution in [0.1, 0.15) is 46.7 Å². The number of rotatable bonds is 5. The number of Topliss-reactive ketones (excluding diaryl/α,β-unsaturated/α-hetero) is 2. The van der Waals surface area contributed by atoms with E-state index in [1.807, 2.05) is 0 Å². The van der Waals surface area contributed by atoms with E-state index >= 15 is 0 Å². The molecule has 0 spiro atoms. The van der Waals surface area contributed by atoms with Crippen LogP contribution in [-0.4, -0.2) is 58.3 Å². The van der Waals surface area contributed by atoms with Gasteiger partial charge in [0.05, 0.1) is 31.2 Å². The Morgan fingerprint density at radius 3 is 2.13 bits per heavy atom. The fourth-order valence-electron chi connectivity index (χ4n) is 4.05. The Bertz CT molecular complexity index is 1130. The summed E-state index contributed by atoms with van der Waals surface area (Å²) in [6.07, 6.45) is 6.64. The number of ketones is 2. The van der Waals surface area contributed by atoms with Crippen LogP contribution in [0.4, 0.5) is 0 Å². The molecule has 1 aliphatic heterocycles. The van der Waals surface area contributed by atoms with Crippen molar-refractivity contribution >= 4 is 17.3 Å². The largest absolute Gasteiger partial charge is 0.463 e. The van der Waals surface area contributed by atoms with E-state index in [4.69, 9.17) is 8.83 Å². The smallest absolute Gasteiger partial charge is 0.227 e. The summed E-state index contributed by atoms with van der Waals surface area (Å²) in [7, 11) is 0. The van der Waals surface area contributed by atoms with Gasteiger partial charge in [0.1, 0.15) is 22.8 Å². The summed E-state index contributed by atoms with van der Waals surface area (Å²) < 4.78 is 11.0. The van der Waals surface area contributed by atoms with Crippen molar-refractivity contribution in [3.05, 3.63) is 48.2 Å². The third kappa shape index (κ3) is 3.86. The highest BCUT2D eigenvalue weighted by molar-refractivity contribution is 6.52. The fourth-order valence-corrected chi connectivity index (χ4v) is 4.05. The van der Waals surface area contributed by atoms with Gasteiger partial charge in [-0.05, 0) is 50.2 Å². The van der Waals surface area contributed by atoms with Gasteiger partial charge in [0.25, 0.3) is 0 Å². The molecule has 3 aromatic rings. The number of furan rings is 2. The van der Waals surface area contributed by atoms with Crippen LogP contribution in [0.2, 0.25) is 0 Å². The predicted molar refractivity (Wildman–Crippen MR) is 113 cm³/mol. The zero-order chi connectivity index (χ0) is 21.2. The molecule has 31 heavy (non-hydrogen) atoms. The van der Waals surface area contributed by atoms with Gasteiger partial charge in [-0.2, -0.15) is 0 Å². The molecule has 3 aromatic heterocycles. The molecular formula is C23H22N4O4. The van der Waals surface area contributed by atoms with Crippen molar-refractivity contribution < 1.29 is 18.4 Å². The van der Waals surface area contributed by atoms with Crippen molar-refractivity contribution in [1.82, 2.24) is 14.9 Å². The lowest BCUT2D eigenvalue weighted by Gasteiger charge is -2.25. The van der Waals surface area contributed by atoms with Gasteiger partial charge in [-0.25, -0.2) is 9.97 Å². The van der Waals surface area contributed by atoms with Crippen molar-refractivity contribution in [2.75, 3.05) is 26.2 Å². The maximum atomic E-state index is 13.1. The number of fused-ring (bicyclic) bond motifs is 1. The molecule has 0 saturated carbocycles. The summed E-state index contributed by atoms with van der Waals surface area (Å²) in [6, 6.07) is 6.91. The molecule has 0 atom stereocenters. The quantitative estimate of drug-likeness (QED) is 0.623. The first kappa shape index (κ1) is 19.6. The zero-order valence-corrected chi connectivity index (χ0v) is 17.0. The molecule has 8 heteroatoms. The van der Waals surface area contributed by atoms with Gasteiger partial charge in [0, 0.05) is 6.54 Å². The van der Waals surface area contributed by atoms with Gasteiger partial charge >= 0.3 is 0 Å². The Morgan fingerprint density at radius 2 is 1.52 bits per heavy atom. The van der Waals surface area contributed by atoms with Crippen LogP contribution in [0, 0.1) is 0 Å². The van der Waals surface area contributed by atoms with Gasteiger partial charge in [0.15, 0.2) is 17.3 Å². The monoisotopic (exact) mass is 418 g/mol. The number of carbonyl (C=O) groups excluding carboxylic acids is 2. The first-order valence-corrected chi connectivity index (χ1v) is 10.5. The first-order valence-electron chi connectivity index (χ1n) is 10.5. The van der Waals surface area contributed by atoms with Gasteiger partial charge in [-0.1, -0.05) is 6.42 Å². The minimum atomic E-state index is -0.348. The zero-order valence-electron chi connectivity index (χ0n) is 17.0. The van der Waals surface area contributed by atoms with E-state index in [1.54, 1.807) is 24.3 Å². The van der Waals surface area contributed by atoms with Crippen LogP contribution >= 0.6 is 0 Å². The van der Waals surface area contributed by atoms with Crippen molar-refractivity contribution in [2.24, 2.45) is 4.99 Å². The maximum Gasteiger partial charge on any atom is 0.227 e. The molecule has 1 fully saturated rings. The summed E-state index contributed by atoms with van der Waals surface area (Å²) in [4.78, 5) is 41.7. The minimum Gasteiger partial charge on any atom is -0.463 e. The Morgan fingerprint density at radius 1 is 0.871 bits per heavy atom. The molecule has 1 aliphatic carbocycles. The summed E-state index contributed by atoms with van der Waals surface area (Å²) in [5, 5.41) is 0. The van der Waals surface area contributed by atoms with E-state index in [0.29, 0.717) is 29.5 Å². The van der Waals surface area contributed by atoms with E-state index in [9.17, 15) is 9.59 Å². The summed E-state index contributed by atoms with van der Waals surface area (Å²) >= 11 is 0. The number of piperidine rings is 1. The molecule has 158 valence electrons. The average Bonchev–Trinajstić information content (AvgIpc) is 3.51. The van der Waals surface area contributed by atoms with Crippen LogP contribution in [0.25, 0.3) is 22.9 Å². The van der Waals surface area contributed by atoms with E-state index in [2.05, 4.69) is 19.9 Å². The van der Waals surface area contributed by atoms with Gasteiger partial charge in [-0.15, -0.1) is 0 Å². The topological polar surface area (TPSA) is 102 Å². The average molecular weight is 418 g/mol. The van der Waals surface area contributed by atoms with E-state index in [1.165, 1.54) is 31.8 Å². The Hall–Kier alpha value is -3.39. The SMILES string of the molecule is O=C1CC(=NCCN2CCCCC2)C(=O)c2nc(-c3ccco3)c(-c3ccco3)nc21. The number of carbonyl (C=O) groups is 2. The third-order valence-electron chi connectivity index (χ3n) is 5.64. The second-order valence-electron chi connectivity index (χ2n) is 7.73. The predicted octanol–water partition coefficient (Wildman–Crippen LogP) is 3.69. The van der Waals surface area contributed by atoms with E-state index < -0.39 is 0 Å². The molecule has 0 radical (unpaired) electrons. The number of hydrogen-bond acceptors (Lipinski definition) is 8. The molecule has 0 amide bonds. The molecule has 1 saturated heterocycles. The number of likely N-dealkylation sites (tertiary alicyclic amines) is 1. The summed E-state index contributed by atoms with van der Waals surface area (Å²) in [5.74, 6) is 0.274. The highest BCUT2D eigenvalue weighted by atomic mass is 16.3. The fraction of sp³-hybridized carbons (Fsp3) is 0.348. The van der Waals surface area contributed by atoms with Crippen LogP contribution in [0.3, 0.4) is 0 Å². The molecule has 2 aliphatic rings. The normalized spacial score (nSPS) is 18.5. The third-order valence-corrected chi connectivity index (χ3v) is 5.64. The lowest BCUT2D eigenvalue weighted by molar-refractivity contribution is 0.0957.